The predicted molar refractivity (Wildman–Crippen MR) is 161 cm³/mol. The zero-order valence-electron chi connectivity index (χ0n) is 23.0. The second-order valence-electron chi connectivity index (χ2n) is 11.1. The van der Waals surface area contributed by atoms with Gasteiger partial charge in [-0.3, -0.25) is 0 Å². The van der Waals surface area contributed by atoms with Crippen molar-refractivity contribution in [2.75, 3.05) is 18.4 Å². The first kappa shape index (κ1) is 24.9. The van der Waals surface area contributed by atoms with E-state index in [0.717, 1.165) is 52.1 Å². The van der Waals surface area contributed by atoms with Crippen LogP contribution in [0.5, 0.6) is 11.5 Å². The van der Waals surface area contributed by atoms with Gasteiger partial charge in [-0.1, -0.05) is 42.5 Å². The van der Waals surface area contributed by atoms with Crippen LogP contribution in [-0.2, 0) is 12.8 Å². The molecule has 0 unspecified atom stereocenters. The smallest absolute Gasteiger partial charge is 0.247 e. The minimum atomic E-state index is 0.600. The number of anilines is 2. The molecule has 2 aromatic heterocycles. The van der Waals surface area contributed by atoms with Gasteiger partial charge in [0, 0.05) is 17.3 Å². The lowest BCUT2D eigenvalue weighted by Crippen LogP contribution is -2.32. The molecule has 1 atom stereocenters. The Kier molecular flexibility index (Phi) is 6.70. The Morgan fingerprint density at radius 1 is 0.825 bits per heavy atom. The Labute approximate surface area is 235 Å². The van der Waals surface area contributed by atoms with Gasteiger partial charge in [0.2, 0.25) is 5.95 Å². The van der Waals surface area contributed by atoms with Crippen LogP contribution < -0.4 is 10.1 Å². The summed E-state index contributed by atoms with van der Waals surface area (Å²) in [5.74, 6) is 2.25. The molecule has 1 aliphatic heterocycles. The first-order chi connectivity index (χ1) is 19.7. The van der Waals surface area contributed by atoms with Crippen LogP contribution in [0, 0.1) is 6.92 Å². The van der Waals surface area contributed by atoms with E-state index in [-0.39, 0.29) is 0 Å². The van der Waals surface area contributed by atoms with Crippen LogP contribution in [0.15, 0.2) is 84.9 Å². The third-order valence-corrected chi connectivity index (χ3v) is 8.42. The molecule has 40 heavy (non-hydrogen) atoms. The Morgan fingerprint density at radius 2 is 1.65 bits per heavy atom. The summed E-state index contributed by atoms with van der Waals surface area (Å²) in [7, 11) is 0. The molecule has 0 spiro atoms. The Morgan fingerprint density at radius 3 is 2.52 bits per heavy atom. The van der Waals surface area contributed by atoms with E-state index in [1.165, 1.54) is 56.3 Å². The van der Waals surface area contributed by atoms with Crippen LogP contribution in [-0.4, -0.2) is 38.6 Å². The largest absolute Gasteiger partial charge is 0.457 e. The molecule has 1 saturated heterocycles. The number of nitrogens with zero attached hydrogens (tertiary/aromatic N) is 4. The number of likely N-dealkylation sites (tertiary alicyclic amines) is 1. The molecule has 6 nitrogen and oxygen atoms in total. The molecule has 0 amide bonds. The van der Waals surface area contributed by atoms with Gasteiger partial charge in [0.15, 0.2) is 5.65 Å². The van der Waals surface area contributed by atoms with Crippen LogP contribution >= 0.6 is 0 Å². The highest BCUT2D eigenvalue weighted by Gasteiger charge is 2.24. The fourth-order valence-electron chi connectivity index (χ4n) is 6.26. The van der Waals surface area contributed by atoms with Gasteiger partial charge in [-0.15, -0.1) is 5.10 Å². The third-order valence-electron chi connectivity index (χ3n) is 8.42. The van der Waals surface area contributed by atoms with Crippen molar-refractivity contribution in [3.05, 3.63) is 102 Å². The quantitative estimate of drug-likeness (QED) is 0.230. The number of para-hydroxylation sites is 1. The molecule has 6 heteroatoms. The number of benzene rings is 3. The standard InChI is InChI=1S/C34H35N5O/c1-24-8-2-3-12-32(24)40-30-10-6-9-27(23-30)31-11-7-13-33-36-34(37-39(31)33)35-28-17-14-25-15-18-29(19-16-26(25)22-28)38-20-4-5-21-38/h2-3,6-14,17,22-23,29H,4-5,15-16,18-21H2,1H3,(H,35,37)/t29-/m0/s1. The second kappa shape index (κ2) is 10.8. The number of aromatic nitrogens is 3. The first-order valence-corrected chi connectivity index (χ1v) is 14.5. The van der Waals surface area contributed by atoms with E-state index < -0.39 is 0 Å². The van der Waals surface area contributed by atoms with Crippen LogP contribution in [0.2, 0.25) is 0 Å². The highest BCUT2D eigenvalue weighted by Crippen LogP contribution is 2.31. The van der Waals surface area contributed by atoms with E-state index >= 15 is 0 Å². The SMILES string of the molecule is Cc1ccccc1Oc1cccc(-c2cccc3nc(Nc4ccc5c(c4)CC[C@@H](N4CCCC4)CC5)nn23)c1. The van der Waals surface area contributed by atoms with E-state index in [1.807, 2.05) is 47.0 Å². The van der Waals surface area contributed by atoms with Gasteiger partial charge in [-0.2, -0.15) is 4.98 Å². The van der Waals surface area contributed by atoms with Crippen molar-refractivity contribution in [2.45, 2.75) is 51.5 Å². The van der Waals surface area contributed by atoms with Crippen molar-refractivity contribution in [1.82, 2.24) is 19.5 Å². The van der Waals surface area contributed by atoms with E-state index in [0.29, 0.717) is 5.95 Å². The van der Waals surface area contributed by atoms with Crippen LogP contribution in [0.3, 0.4) is 0 Å². The van der Waals surface area contributed by atoms with E-state index in [1.54, 1.807) is 0 Å². The minimum Gasteiger partial charge on any atom is -0.457 e. The zero-order chi connectivity index (χ0) is 26.9. The number of hydrogen-bond donors (Lipinski definition) is 1. The van der Waals surface area contributed by atoms with Gasteiger partial charge in [-0.25, -0.2) is 4.52 Å². The predicted octanol–water partition coefficient (Wildman–Crippen LogP) is 7.58. The summed E-state index contributed by atoms with van der Waals surface area (Å²) in [6.45, 7) is 4.61. The molecule has 5 aromatic rings. The van der Waals surface area contributed by atoms with E-state index in [2.05, 4.69) is 59.6 Å². The number of aryl methyl sites for hydroxylation is 3. The second-order valence-corrected chi connectivity index (χ2v) is 11.1. The number of fused-ring (bicyclic) bond motifs is 2. The molecule has 1 aliphatic carbocycles. The molecule has 0 radical (unpaired) electrons. The van der Waals surface area contributed by atoms with Gasteiger partial charge in [0.25, 0.3) is 0 Å². The van der Waals surface area contributed by atoms with Gasteiger partial charge in [-0.05, 0) is 118 Å². The average Bonchev–Trinajstić information content (AvgIpc) is 3.61. The molecular weight excluding hydrogens is 494 g/mol. The van der Waals surface area contributed by atoms with Crippen molar-refractivity contribution in [3.63, 3.8) is 0 Å². The van der Waals surface area contributed by atoms with Gasteiger partial charge in [0.1, 0.15) is 11.5 Å². The molecule has 0 bridgehead atoms. The van der Waals surface area contributed by atoms with Crippen LogP contribution in [0.4, 0.5) is 11.6 Å². The van der Waals surface area contributed by atoms with E-state index in [9.17, 15) is 0 Å². The molecule has 3 aromatic carbocycles. The summed E-state index contributed by atoms with van der Waals surface area (Å²) >= 11 is 0. The summed E-state index contributed by atoms with van der Waals surface area (Å²) in [6, 6.07) is 29.8. The molecule has 202 valence electrons. The Balaban J connectivity index is 1.11. The average molecular weight is 530 g/mol. The highest BCUT2D eigenvalue weighted by molar-refractivity contribution is 5.66. The molecule has 1 N–H and O–H groups in total. The maximum absolute atomic E-state index is 6.20. The maximum atomic E-state index is 6.20. The number of hydrogen-bond acceptors (Lipinski definition) is 5. The van der Waals surface area contributed by atoms with Crippen LogP contribution in [0.25, 0.3) is 16.9 Å². The van der Waals surface area contributed by atoms with Crippen molar-refractivity contribution in [1.29, 1.82) is 0 Å². The fourth-order valence-corrected chi connectivity index (χ4v) is 6.26. The fraction of sp³-hybridized carbons (Fsp3) is 0.294. The van der Waals surface area contributed by atoms with E-state index in [4.69, 9.17) is 14.8 Å². The lowest BCUT2D eigenvalue weighted by Gasteiger charge is -2.25. The number of rotatable bonds is 6. The highest BCUT2D eigenvalue weighted by atomic mass is 16.5. The van der Waals surface area contributed by atoms with Crippen molar-refractivity contribution >= 4 is 17.3 Å². The summed E-state index contributed by atoms with van der Waals surface area (Å²) in [5.41, 5.74) is 7.88. The van der Waals surface area contributed by atoms with Gasteiger partial charge < -0.3 is 15.0 Å². The molecule has 7 rings (SSSR count). The maximum Gasteiger partial charge on any atom is 0.247 e. The van der Waals surface area contributed by atoms with Crippen molar-refractivity contribution in [3.8, 4) is 22.8 Å². The van der Waals surface area contributed by atoms with Crippen molar-refractivity contribution < 1.29 is 4.74 Å². The molecule has 2 aliphatic rings. The summed E-state index contributed by atoms with van der Waals surface area (Å²) < 4.78 is 8.10. The van der Waals surface area contributed by atoms with Gasteiger partial charge in [0.05, 0.1) is 5.69 Å². The summed E-state index contributed by atoms with van der Waals surface area (Å²) in [5, 5.41) is 8.34. The topological polar surface area (TPSA) is 54.7 Å². The Hall–Kier alpha value is -4.16. The molecule has 3 heterocycles. The number of pyridine rings is 1. The summed E-state index contributed by atoms with van der Waals surface area (Å²) in [4.78, 5) is 7.51. The number of ether oxygens (including phenoxy) is 1. The monoisotopic (exact) mass is 529 g/mol. The van der Waals surface area contributed by atoms with Gasteiger partial charge >= 0.3 is 0 Å². The normalized spacial score (nSPS) is 17.5. The zero-order valence-corrected chi connectivity index (χ0v) is 23.0. The first-order valence-electron chi connectivity index (χ1n) is 14.5. The summed E-state index contributed by atoms with van der Waals surface area (Å²) in [6.07, 6.45) is 7.54. The lowest BCUT2D eigenvalue weighted by atomic mass is 10.0. The van der Waals surface area contributed by atoms with Crippen LogP contribution in [0.1, 0.15) is 42.4 Å². The Bertz CT molecular complexity index is 1650. The number of nitrogens with one attached hydrogen (secondary N) is 1. The molecule has 0 saturated carbocycles. The lowest BCUT2D eigenvalue weighted by molar-refractivity contribution is 0.222. The minimum absolute atomic E-state index is 0.600. The van der Waals surface area contributed by atoms with Crippen molar-refractivity contribution in [2.24, 2.45) is 0 Å². The molecule has 1 fully saturated rings. The molecular formula is C34H35N5O. The third kappa shape index (κ3) is 5.07.